The van der Waals surface area contributed by atoms with Crippen molar-refractivity contribution >= 4 is 29.1 Å². The Balaban J connectivity index is 1.75. The zero-order chi connectivity index (χ0) is 22.7. The first-order chi connectivity index (χ1) is 15.5. The van der Waals surface area contributed by atoms with Gasteiger partial charge in [-0.15, -0.1) is 0 Å². The Morgan fingerprint density at radius 2 is 1.88 bits per heavy atom. The molecule has 2 fully saturated rings. The van der Waals surface area contributed by atoms with Crippen LogP contribution >= 0.6 is 11.6 Å². The first-order valence-electron chi connectivity index (χ1n) is 10.5. The van der Waals surface area contributed by atoms with E-state index in [9.17, 15) is 14.7 Å². The number of rotatable bonds is 6. The predicted octanol–water partition coefficient (Wildman–Crippen LogP) is 3.10. The fourth-order valence-corrected chi connectivity index (χ4v) is 4.33. The van der Waals surface area contributed by atoms with Crippen LogP contribution in [-0.4, -0.2) is 73.1 Å². The maximum atomic E-state index is 13.1. The zero-order valence-corrected chi connectivity index (χ0v) is 18.5. The topological polar surface area (TPSA) is 79.3 Å². The number of likely N-dealkylation sites (tertiary alicyclic amines) is 1. The quantitative estimate of drug-likeness (QED) is 0.409. The summed E-state index contributed by atoms with van der Waals surface area (Å²) in [5, 5.41) is 11.6. The van der Waals surface area contributed by atoms with Gasteiger partial charge in [0.2, 0.25) is 0 Å². The maximum absolute atomic E-state index is 13.1. The van der Waals surface area contributed by atoms with E-state index in [-0.39, 0.29) is 11.3 Å². The number of aliphatic hydroxyl groups is 1. The van der Waals surface area contributed by atoms with Crippen LogP contribution in [0.5, 0.6) is 5.75 Å². The summed E-state index contributed by atoms with van der Waals surface area (Å²) >= 11 is 6.22. The Hall–Kier alpha value is -2.87. The summed E-state index contributed by atoms with van der Waals surface area (Å²) in [4.78, 5) is 29.9. The number of nitrogens with zero attached hydrogens (tertiary/aromatic N) is 2. The van der Waals surface area contributed by atoms with E-state index in [0.717, 1.165) is 13.1 Å². The number of benzene rings is 2. The van der Waals surface area contributed by atoms with Crippen LogP contribution in [0.15, 0.2) is 54.1 Å². The van der Waals surface area contributed by atoms with Crippen LogP contribution in [0, 0.1) is 0 Å². The third-order valence-corrected chi connectivity index (χ3v) is 6.04. The van der Waals surface area contributed by atoms with Gasteiger partial charge < -0.3 is 19.5 Å². The fraction of sp³-hybridized carbons (Fsp3) is 0.333. The lowest BCUT2D eigenvalue weighted by atomic mass is 9.95. The van der Waals surface area contributed by atoms with Crippen molar-refractivity contribution in [3.63, 3.8) is 0 Å². The van der Waals surface area contributed by atoms with Gasteiger partial charge in [0.15, 0.2) is 0 Å². The summed E-state index contributed by atoms with van der Waals surface area (Å²) in [5.74, 6) is -1.04. The number of amides is 1. The van der Waals surface area contributed by atoms with Crippen LogP contribution in [0.25, 0.3) is 5.76 Å². The standard InChI is InChI=1S/C24H25ClN2O5/c1-31-19-7-3-5-17(15-19)22(28)20-21(16-4-2-6-18(25)14-16)27(24(30)23(20)29)9-8-26-10-12-32-13-11-26/h2-7,14-15,21,28H,8-13H2,1H3. The number of carbonyl (C=O) groups is 2. The molecule has 0 aromatic heterocycles. The SMILES string of the molecule is COc1cccc(C(O)=C2C(=O)C(=O)N(CCN3CCOCC3)C2c2cccc(Cl)c2)c1. The number of methoxy groups -OCH3 is 1. The van der Waals surface area contributed by atoms with Crippen molar-refractivity contribution < 1.29 is 24.2 Å². The first-order valence-corrected chi connectivity index (χ1v) is 10.9. The van der Waals surface area contributed by atoms with Gasteiger partial charge in [0.25, 0.3) is 11.7 Å². The molecule has 0 bridgehead atoms. The fourth-order valence-electron chi connectivity index (χ4n) is 4.13. The van der Waals surface area contributed by atoms with E-state index in [0.29, 0.717) is 48.2 Å². The zero-order valence-electron chi connectivity index (χ0n) is 17.8. The van der Waals surface area contributed by atoms with Gasteiger partial charge in [-0.2, -0.15) is 0 Å². The van der Waals surface area contributed by atoms with Crippen molar-refractivity contribution in [3.05, 3.63) is 70.3 Å². The molecule has 1 N–H and O–H groups in total. The molecule has 2 aliphatic rings. The second kappa shape index (κ2) is 9.73. The van der Waals surface area contributed by atoms with Gasteiger partial charge in [0.05, 0.1) is 31.9 Å². The first kappa shape index (κ1) is 22.3. The lowest BCUT2D eigenvalue weighted by Crippen LogP contribution is -2.42. The van der Waals surface area contributed by atoms with Gasteiger partial charge in [0, 0.05) is 36.8 Å². The lowest BCUT2D eigenvalue weighted by Gasteiger charge is -2.31. The van der Waals surface area contributed by atoms with Crippen molar-refractivity contribution in [3.8, 4) is 5.75 Å². The molecule has 0 spiro atoms. The number of morpholine rings is 1. The average molecular weight is 457 g/mol. The summed E-state index contributed by atoms with van der Waals surface area (Å²) in [6, 6.07) is 13.1. The Morgan fingerprint density at radius 3 is 2.59 bits per heavy atom. The van der Waals surface area contributed by atoms with E-state index < -0.39 is 17.7 Å². The minimum atomic E-state index is -0.735. The van der Waals surface area contributed by atoms with Gasteiger partial charge in [-0.25, -0.2) is 0 Å². The number of Topliss-reactive ketones (excluding diaryl/α,β-unsaturated/α-hetero) is 1. The molecule has 1 unspecified atom stereocenters. The predicted molar refractivity (Wildman–Crippen MR) is 121 cm³/mol. The number of halogens is 1. The largest absolute Gasteiger partial charge is 0.507 e. The van der Waals surface area contributed by atoms with E-state index in [2.05, 4.69) is 4.90 Å². The van der Waals surface area contributed by atoms with Crippen LogP contribution in [-0.2, 0) is 14.3 Å². The van der Waals surface area contributed by atoms with Crippen molar-refractivity contribution in [1.29, 1.82) is 0 Å². The minimum Gasteiger partial charge on any atom is -0.507 e. The van der Waals surface area contributed by atoms with Crippen molar-refractivity contribution in [2.75, 3.05) is 46.5 Å². The highest BCUT2D eigenvalue weighted by atomic mass is 35.5. The maximum Gasteiger partial charge on any atom is 0.295 e. The Labute approximate surface area is 191 Å². The number of ether oxygens (including phenoxy) is 2. The highest BCUT2D eigenvalue weighted by Crippen LogP contribution is 2.40. The molecule has 2 aromatic rings. The van der Waals surface area contributed by atoms with Crippen molar-refractivity contribution in [1.82, 2.24) is 9.80 Å². The van der Waals surface area contributed by atoms with Crippen LogP contribution in [0.3, 0.4) is 0 Å². The van der Waals surface area contributed by atoms with Gasteiger partial charge in [-0.1, -0.05) is 35.9 Å². The highest BCUT2D eigenvalue weighted by Gasteiger charge is 2.46. The molecule has 32 heavy (non-hydrogen) atoms. The van der Waals surface area contributed by atoms with E-state index >= 15 is 0 Å². The molecular weight excluding hydrogens is 432 g/mol. The van der Waals surface area contributed by atoms with Crippen LogP contribution in [0.1, 0.15) is 17.2 Å². The molecule has 2 aromatic carbocycles. The molecule has 8 heteroatoms. The normalized spacial score (nSPS) is 21.2. The molecule has 1 atom stereocenters. The van der Waals surface area contributed by atoms with Gasteiger partial charge >= 0.3 is 0 Å². The molecule has 0 radical (unpaired) electrons. The summed E-state index contributed by atoms with van der Waals surface area (Å²) < 4.78 is 10.6. The monoisotopic (exact) mass is 456 g/mol. The Morgan fingerprint density at radius 1 is 1.12 bits per heavy atom. The van der Waals surface area contributed by atoms with E-state index in [4.69, 9.17) is 21.1 Å². The molecular formula is C24H25ClN2O5. The van der Waals surface area contributed by atoms with Crippen molar-refractivity contribution in [2.45, 2.75) is 6.04 Å². The number of aliphatic hydroxyl groups excluding tert-OH is 1. The molecule has 7 nitrogen and oxygen atoms in total. The third-order valence-electron chi connectivity index (χ3n) is 5.81. The summed E-state index contributed by atoms with van der Waals surface area (Å²) in [6.45, 7) is 3.78. The molecule has 0 aliphatic carbocycles. The van der Waals surface area contributed by atoms with Crippen LogP contribution in [0.2, 0.25) is 5.02 Å². The Bertz CT molecular complexity index is 1050. The average Bonchev–Trinajstić information content (AvgIpc) is 3.08. The number of hydrogen-bond acceptors (Lipinski definition) is 6. The molecule has 2 aliphatic heterocycles. The van der Waals surface area contributed by atoms with Crippen LogP contribution in [0.4, 0.5) is 0 Å². The van der Waals surface area contributed by atoms with Crippen molar-refractivity contribution in [2.24, 2.45) is 0 Å². The number of hydrogen-bond donors (Lipinski definition) is 1. The molecule has 1 amide bonds. The molecule has 0 saturated carbocycles. The third kappa shape index (κ3) is 4.50. The number of carbonyl (C=O) groups excluding carboxylic acids is 2. The summed E-state index contributed by atoms with van der Waals surface area (Å²) in [5.41, 5.74) is 1.12. The van der Waals surface area contributed by atoms with E-state index in [1.54, 1.807) is 42.5 Å². The summed E-state index contributed by atoms with van der Waals surface area (Å²) in [6.07, 6.45) is 0. The molecule has 2 saturated heterocycles. The van der Waals surface area contributed by atoms with Crippen LogP contribution < -0.4 is 4.74 Å². The summed E-state index contributed by atoms with van der Waals surface area (Å²) in [7, 11) is 1.52. The minimum absolute atomic E-state index is 0.0486. The highest BCUT2D eigenvalue weighted by molar-refractivity contribution is 6.46. The molecule has 4 rings (SSSR count). The van der Waals surface area contributed by atoms with Gasteiger partial charge in [0.1, 0.15) is 11.5 Å². The Kier molecular flexibility index (Phi) is 6.79. The number of ketones is 1. The van der Waals surface area contributed by atoms with Gasteiger partial charge in [-0.05, 0) is 29.8 Å². The molecule has 2 heterocycles. The smallest absolute Gasteiger partial charge is 0.295 e. The lowest BCUT2D eigenvalue weighted by molar-refractivity contribution is -0.140. The van der Waals surface area contributed by atoms with E-state index in [1.807, 2.05) is 6.07 Å². The van der Waals surface area contributed by atoms with Gasteiger partial charge in [-0.3, -0.25) is 14.5 Å². The second-order valence-corrected chi connectivity index (χ2v) is 8.17. The second-order valence-electron chi connectivity index (χ2n) is 7.73. The van der Waals surface area contributed by atoms with E-state index in [1.165, 1.54) is 12.0 Å². The molecule has 168 valence electrons.